The van der Waals surface area contributed by atoms with E-state index in [2.05, 4.69) is 26.3 Å². The summed E-state index contributed by atoms with van der Waals surface area (Å²) in [6.45, 7) is 2.98. The van der Waals surface area contributed by atoms with Gasteiger partial charge in [-0.05, 0) is 50.2 Å². The van der Waals surface area contributed by atoms with Crippen LogP contribution in [0.1, 0.15) is 59.3 Å². The molecule has 11 nitrogen and oxygen atoms in total. The molecule has 1 atom stereocenters. The van der Waals surface area contributed by atoms with E-state index in [0.29, 0.717) is 55.0 Å². The zero-order chi connectivity index (χ0) is 26.6. The van der Waals surface area contributed by atoms with Crippen molar-refractivity contribution in [3.8, 4) is 6.07 Å². The van der Waals surface area contributed by atoms with Gasteiger partial charge in [0, 0.05) is 57.7 Å². The summed E-state index contributed by atoms with van der Waals surface area (Å²) in [6.07, 6.45) is 6.82. The molecule has 0 aliphatic carbocycles. The number of carbonyl (C=O) groups is 3. The third-order valence-corrected chi connectivity index (χ3v) is 7.30. The van der Waals surface area contributed by atoms with Gasteiger partial charge in [0.25, 0.3) is 5.91 Å². The molecular weight excluding hydrogens is 486 g/mol. The summed E-state index contributed by atoms with van der Waals surface area (Å²) in [5, 5.41) is 12.3. The highest BCUT2D eigenvalue weighted by molar-refractivity contribution is 6.02. The minimum Gasteiger partial charge on any atom is -0.370 e. The van der Waals surface area contributed by atoms with Crippen LogP contribution in [0.5, 0.6) is 0 Å². The molecular formula is C27H31N7O4. The number of carbonyl (C=O) groups excluding carboxylic acids is 3. The van der Waals surface area contributed by atoms with Gasteiger partial charge in [0.05, 0.1) is 11.3 Å². The number of fused-ring (bicyclic) bond motifs is 1. The summed E-state index contributed by atoms with van der Waals surface area (Å²) in [7, 11) is 1.69. The highest BCUT2D eigenvalue weighted by atomic mass is 16.5. The lowest BCUT2D eigenvalue weighted by Gasteiger charge is -2.30. The Hall–Kier alpha value is -4.04. The van der Waals surface area contributed by atoms with E-state index in [-0.39, 0.29) is 18.1 Å². The van der Waals surface area contributed by atoms with E-state index in [9.17, 15) is 19.6 Å². The molecule has 198 valence electrons. The summed E-state index contributed by atoms with van der Waals surface area (Å²) < 4.78 is 5.51. The largest absolute Gasteiger partial charge is 0.370 e. The molecule has 3 aliphatic rings. The maximum absolute atomic E-state index is 13.3. The lowest BCUT2D eigenvalue weighted by molar-refractivity contribution is -0.140. The first-order valence-electron chi connectivity index (χ1n) is 13.1. The number of anilines is 3. The number of aldehydes is 1. The molecule has 2 aromatic rings. The van der Waals surface area contributed by atoms with E-state index < -0.39 is 12.1 Å². The van der Waals surface area contributed by atoms with Gasteiger partial charge in [-0.1, -0.05) is 0 Å². The average molecular weight is 518 g/mol. The van der Waals surface area contributed by atoms with Gasteiger partial charge in [-0.2, -0.15) is 5.26 Å². The van der Waals surface area contributed by atoms with Crippen LogP contribution in [-0.4, -0.2) is 72.5 Å². The molecule has 3 aliphatic heterocycles. The summed E-state index contributed by atoms with van der Waals surface area (Å²) in [5.41, 5.74) is 2.92. The minimum atomic E-state index is -0.439. The molecule has 2 fully saturated rings. The Morgan fingerprint density at radius 2 is 2.05 bits per heavy atom. The van der Waals surface area contributed by atoms with Gasteiger partial charge in [0.15, 0.2) is 6.29 Å². The number of rotatable bonds is 6. The van der Waals surface area contributed by atoms with Crippen molar-refractivity contribution in [1.82, 2.24) is 14.9 Å². The molecule has 0 radical (unpaired) electrons. The predicted octanol–water partition coefficient (Wildman–Crippen LogP) is 2.88. The summed E-state index contributed by atoms with van der Waals surface area (Å²) in [5.74, 6) is 0.673. The predicted molar refractivity (Wildman–Crippen MR) is 140 cm³/mol. The lowest BCUT2D eigenvalue weighted by Crippen LogP contribution is -2.40. The third-order valence-electron chi connectivity index (χ3n) is 7.30. The quantitative estimate of drug-likeness (QED) is 0.579. The first-order valence-corrected chi connectivity index (χ1v) is 13.1. The van der Waals surface area contributed by atoms with Gasteiger partial charge in [0.1, 0.15) is 29.5 Å². The molecule has 0 unspecified atom stereocenters. The van der Waals surface area contributed by atoms with E-state index >= 15 is 0 Å². The van der Waals surface area contributed by atoms with Gasteiger partial charge >= 0.3 is 6.03 Å². The fraction of sp³-hybridized carbons (Fsp3) is 0.481. The number of amides is 3. The Balaban J connectivity index is 1.35. The number of hydrogen-bond acceptors (Lipinski definition) is 8. The van der Waals surface area contributed by atoms with Crippen molar-refractivity contribution in [1.29, 1.82) is 5.26 Å². The molecule has 38 heavy (non-hydrogen) atoms. The molecule has 0 bridgehead atoms. The van der Waals surface area contributed by atoms with Gasteiger partial charge in [-0.25, -0.2) is 14.8 Å². The van der Waals surface area contributed by atoms with Crippen molar-refractivity contribution in [2.24, 2.45) is 0 Å². The number of ether oxygens (including phenoxy) is 1. The van der Waals surface area contributed by atoms with Crippen molar-refractivity contribution in [2.45, 2.75) is 51.2 Å². The smallest absolute Gasteiger partial charge is 0.328 e. The number of urea groups is 1. The van der Waals surface area contributed by atoms with Crippen LogP contribution in [-0.2, 0) is 22.5 Å². The van der Waals surface area contributed by atoms with E-state index in [4.69, 9.17) is 4.74 Å². The van der Waals surface area contributed by atoms with Crippen LogP contribution in [0.3, 0.4) is 0 Å². The topological polar surface area (TPSA) is 132 Å². The molecule has 2 aromatic heterocycles. The van der Waals surface area contributed by atoms with Crippen molar-refractivity contribution < 1.29 is 19.1 Å². The number of hydrogen-bond donors (Lipinski definition) is 1. The van der Waals surface area contributed by atoms with E-state index in [1.807, 2.05) is 6.07 Å². The first kappa shape index (κ1) is 25.6. The van der Waals surface area contributed by atoms with Crippen LogP contribution in [0.2, 0.25) is 0 Å². The fourth-order valence-corrected chi connectivity index (χ4v) is 5.33. The monoisotopic (exact) mass is 517 g/mol. The number of nitrogens with one attached hydrogen (secondary N) is 1. The third kappa shape index (κ3) is 5.17. The molecule has 0 saturated carbocycles. The summed E-state index contributed by atoms with van der Waals surface area (Å²) in [4.78, 5) is 52.0. The molecule has 2 saturated heterocycles. The molecule has 11 heteroatoms. The zero-order valence-electron chi connectivity index (χ0n) is 21.5. The molecule has 3 amide bonds. The first-order chi connectivity index (χ1) is 18.5. The zero-order valence-corrected chi connectivity index (χ0v) is 21.5. The number of aromatic nitrogens is 2. The van der Waals surface area contributed by atoms with Crippen LogP contribution in [0.25, 0.3) is 0 Å². The second kappa shape index (κ2) is 11.1. The second-order valence-electron chi connectivity index (χ2n) is 9.91. The maximum atomic E-state index is 13.3. The van der Waals surface area contributed by atoms with E-state index in [1.165, 1.54) is 11.1 Å². The number of nitrogens with zero attached hydrogens (tertiary/aromatic N) is 6. The number of pyridine rings is 2. The highest BCUT2D eigenvalue weighted by Crippen LogP contribution is 2.30. The van der Waals surface area contributed by atoms with Crippen LogP contribution in [0, 0.1) is 11.3 Å². The molecule has 1 N–H and O–H groups in total. The van der Waals surface area contributed by atoms with Crippen LogP contribution < -0.4 is 15.1 Å². The van der Waals surface area contributed by atoms with Crippen molar-refractivity contribution in [3.63, 3.8) is 0 Å². The average Bonchev–Trinajstić information content (AvgIpc) is 3.67. The number of likely N-dealkylation sites (N-methyl/N-ethyl adjacent to an activating group) is 1. The Kier molecular flexibility index (Phi) is 7.51. The van der Waals surface area contributed by atoms with E-state index in [0.717, 1.165) is 50.0 Å². The molecule has 5 heterocycles. The lowest BCUT2D eigenvalue weighted by atomic mass is 10.0. The second-order valence-corrected chi connectivity index (χ2v) is 9.91. The molecule has 0 aromatic carbocycles. The molecule has 5 rings (SSSR count). The Bertz CT molecular complexity index is 1280. The van der Waals surface area contributed by atoms with Gasteiger partial charge < -0.3 is 14.5 Å². The van der Waals surface area contributed by atoms with Gasteiger partial charge in [-0.15, -0.1) is 0 Å². The van der Waals surface area contributed by atoms with Crippen LogP contribution >= 0.6 is 0 Å². The Morgan fingerprint density at radius 3 is 2.76 bits per heavy atom. The standard InChI is InChI=1S/C27H31N7O4/c1-32(26(36)23-7-5-11-38-23)16-19-12-18-6-4-10-34(25(18)30-21(19)17-35)27(37)31-24-13-22(20(14-28)15-29-24)33-8-2-3-9-33/h12-13,15,17,23H,2-11,16H2,1H3,(H,29,31,37)/t23-/m1/s1. The van der Waals surface area contributed by atoms with E-state index in [1.54, 1.807) is 18.0 Å². The summed E-state index contributed by atoms with van der Waals surface area (Å²) in [6, 6.07) is 5.39. The fourth-order valence-electron chi connectivity index (χ4n) is 5.33. The number of nitriles is 1. The Morgan fingerprint density at radius 1 is 1.24 bits per heavy atom. The van der Waals surface area contributed by atoms with Crippen LogP contribution in [0.4, 0.5) is 22.1 Å². The van der Waals surface area contributed by atoms with Gasteiger partial charge in [-0.3, -0.25) is 19.8 Å². The highest BCUT2D eigenvalue weighted by Gasteiger charge is 2.29. The summed E-state index contributed by atoms with van der Waals surface area (Å²) >= 11 is 0. The van der Waals surface area contributed by atoms with Crippen molar-refractivity contribution in [2.75, 3.05) is 48.4 Å². The maximum Gasteiger partial charge on any atom is 0.328 e. The minimum absolute atomic E-state index is 0.110. The Labute approximate surface area is 221 Å². The van der Waals surface area contributed by atoms with Crippen LogP contribution in [0.15, 0.2) is 18.3 Å². The van der Waals surface area contributed by atoms with Gasteiger partial charge in [0.2, 0.25) is 0 Å². The molecule has 0 spiro atoms. The SMILES string of the molecule is CN(Cc1cc2c(nc1C=O)N(C(=O)Nc1cc(N3CCCC3)c(C#N)cn1)CCC2)C(=O)[C@H]1CCCO1. The normalized spacial score (nSPS) is 18.6. The van der Waals surface area contributed by atoms with Crippen molar-refractivity contribution in [3.05, 3.63) is 40.7 Å². The number of aryl methyl sites for hydroxylation is 1. The van der Waals surface area contributed by atoms with Crippen molar-refractivity contribution >= 4 is 35.5 Å².